The van der Waals surface area contributed by atoms with Crippen LogP contribution < -0.4 is 5.32 Å². The van der Waals surface area contributed by atoms with E-state index in [9.17, 15) is 4.79 Å². The minimum absolute atomic E-state index is 0.00681. The van der Waals surface area contributed by atoms with Crippen molar-refractivity contribution in [3.63, 3.8) is 0 Å². The summed E-state index contributed by atoms with van der Waals surface area (Å²) in [5.41, 5.74) is 2.00. The molecule has 2 aromatic heterocycles. The highest BCUT2D eigenvalue weighted by Crippen LogP contribution is 2.28. The number of benzene rings is 1. The summed E-state index contributed by atoms with van der Waals surface area (Å²) in [7, 11) is 0. The van der Waals surface area contributed by atoms with Crippen LogP contribution in [0.15, 0.2) is 57.6 Å². The van der Waals surface area contributed by atoms with Crippen LogP contribution in [-0.4, -0.2) is 16.9 Å². The first kappa shape index (κ1) is 18.5. The van der Waals surface area contributed by atoms with Gasteiger partial charge in [-0.3, -0.25) is 4.79 Å². The SMILES string of the molecule is Cc1oc(-c2ccco2)nc1CC(=O)NC1CCCCC1Cc1ccccc1. The molecule has 2 heterocycles. The molecule has 28 heavy (non-hydrogen) atoms. The molecule has 0 aliphatic heterocycles. The van der Waals surface area contributed by atoms with Crippen molar-refractivity contribution in [2.24, 2.45) is 5.92 Å². The molecule has 1 aliphatic rings. The second-order valence-corrected chi connectivity index (χ2v) is 7.58. The van der Waals surface area contributed by atoms with E-state index in [1.54, 1.807) is 18.4 Å². The van der Waals surface area contributed by atoms with E-state index in [1.807, 2.05) is 13.0 Å². The molecular formula is C23H26N2O3. The number of carbonyl (C=O) groups excluding carboxylic acids is 1. The highest BCUT2D eigenvalue weighted by atomic mass is 16.4. The number of aryl methyl sites for hydroxylation is 1. The van der Waals surface area contributed by atoms with Crippen molar-refractivity contribution in [1.29, 1.82) is 0 Å². The molecule has 1 fully saturated rings. The van der Waals surface area contributed by atoms with E-state index in [-0.39, 0.29) is 18.4 Å². The summed E-state index contributed by atoms with van der Waals surface area (Å²) < 4.78 is 11.0. The lowest BCUT2D eigenvalue weighted by Gasteiger charge is -2.32. The van der Waals surface area contributed by atoms with Crippen LogP contribution in [0, 0.1) is 12.8 Å². The van der Waals surface area contributed by atoms with Gasteiger partial charge >= 0.3 is 0 Å². The molecule has 0 spiro atoms. The Morgan fingerprint density at radius 1 is 1.14 bits per heavy atom. The van der Waals surface area contributed by atoms with Gasteiger partial charge < -0.3 is 14.2 Å². The predicted octanol–water partition coefficient (Wildman–Crippen LogP) is 4.70. The van der Waals surface area contributed by atoms with Gasteiger partial charge in [-0.05, 0) is 49.8 Å². The third-order valence-electron chi connectivity index (χ3n) is 5.55. The quantitative estimate of drug-likeness (QED) is 0.675. The Labute approximate surface area is 165 Å². The van der Waals surface area contributed by atoms with Crippen molar-refractivity contribution in [2.75, 3.05) is 0 Å². The van der Waals surface area contributed by atoms with Gasteiger partial charge in [-0.25, -0.2) is 4.98 Å². The molecule has 1 N–H and O–H groups in total. The fraction of sp³-hybridized carbons (Fsp3) is 0.391. The Hall–Kier alpha value is -2.82. The standard InChI is InChI=1S/C23H26N2O3/c1-16-20(25-23(28-16)21-12-7-13-27-21)15-22(26)24-19-11-6-5-10-18(19)14-17-8-3-2-4-9-17/h2-4,7-9,12-13,18-19H,5-6,10-11,14-15H2,1H3,(H,24,26). The van der Waals surface area contributed by atoms with Gasteiger partial charge in [0.25, 0.3) is 5.89 Å². The molecule has 1 amide bonds. The molecule has 0 bridgehead atoms. The summed E-state index contributed by atoms with van der Waals surface area (Å²) >= 11 is 0. The predicted molar refractivity (Wildman–Crippen MR) is 107 cm³/mol. The number of hydrogen-bond acceptors (Lipinski definition) is 4. The lowest BCUT2D eigenvalue weighted by molar-refractivity contribution is -0.121. The first-order chi connectivity index (χ1) is 13.7. The molecule has 3 aromatic rings. The molecule has 2 unspecified atom stereocenters. The van der Waals surface area contributed by atoms with E-state index in [2.05, 4.69) is 34.6 Å². The number of nitrogens with zero attached hydrogens (tertiary/aromatic N) is 1. The molecule has 0 saturated heterocycles. The number of carbonyl (C=O) groups is 1. The van der Waals surface area contributed by atoms with Gasteiger partial charge in [0.2, 0.25) is 5.91 Å². The zero-order valence-electron chi connectivity index (χ0n) is 16.2. The molecule has 4 rings (SSSR count). The van der Waals surface area contributed by atoms with E-state index in [0.29, 0.717) is 29.0 Å². The summed E-state index contributed by atoms with van der Waals surface area (Å²) in [6.07, 6.45) is 7.42. The zero-order valence-corrected chi connectivity index (χ0v) is 16.2. The van der Waals surface area contributed by atoms with E-state index in [0.717, 1.165) is 19.3 Å². The van der Waals surface area contributed by atoms with Crippen LogP contribution >= 0.6 is 0 Å². The number of hydrogen-bond donors (Lipinski definition) is 1. The van der Waals surface area contributed by atoms with E-state index >= 15 is 0 Å². The number of furan rings is 1. The molecule has 146 valence electrons. The number of aromatic nitrogens is 1. The van der Waals surface area contributed by atoms with Crippen molar-refractivity contribution in [3.8, 4) is 11.7 Å². The average Bonchev–Trinajstić information content (AvgIpc) is 3.35. The van der Waals surface area contributed by atoms with Crippen molar-refractivity contribution in [1.82, 2.24) is 10.3 Å². The number of rotatable bonds is 6. The Morgan fingerprint density at radius 3 is 2.75 bits per heavy atom. The van der Waals surface area contributed by atoms with Crippen molar-refractivity contribution < 1.29 is 13.6 Å². The lowest BCUT2D eigenvalue weighted by atomic mass is 9.80. The maximum absolute atomic E-state index is 12.7. The van der Waals surface area contributed by atoms with E-state index in [1.165, 1.54) is 18.4 Å². The fourth-order valence-electron chi connectivity index (χ4n) is 4.07. The summed E-state index contributed by atoms with van der Waals surface area (Å²) in [6, 6.07) is 14.3. The van der Waals surface area contributed by atoms with Crippen LogP contribution in [0.3, 0.4) is 0 Å². The summed E-state index contributed by atoms with van der Waals surface area (Å²) in [5, 5.41) is 3.26. The Morgan fingerprint density at radius 2 is 1.96 bits per heavy atom. The average molecular weight is 378 g/mol. The summed E-state index contributed by atoms with van der Waals surface area (Å²) in [5.74, 6) is 2.14. The minimum Gasteiger partial charge on any atom is -0.459 e. The van der Waals surface area contributed by atoms with E-state index < -0.39 is 0 Å². The third kappa shape index (κ3) is 4.35. The topological polar surface area (TPSA) is 68.3 Å². The Balaban J connectivity index is 1.39. The largest absolute Gasteiger partial charge is 0.459 e. The van der Waals surface area contributed by atoms with Gasteiger partial charge in [-0.2, -0.15) is 0 Å². The highest BCUT2D eigenvalue weighted by molar-refractivity contribution is 5.78. The number of oxazole rings is 1. The fourth-order valence-corrected chi connectivity index (χ4v) is 4.07. The monoisotopic (exact) mass is 378 g/mol. The van der Waals surface area contributed by atoms with Crippen LogP contribution in [-0.2, 0) is 17.6 Å². The van der Waals surface area contributed by atoms with Gasteiger partial charge in [0, 0.05) is 6.04 Å². The zero-order chi connectivity index (χ0) is 19.3. The highest BCUT2D eigenvalue weighted by Gasteiger charge is 2.27. The molecule has 1 saturated carbocycles. The van der Waals surface area contributed by atoms with Gasteiger partial charge in [0.15, 0.2) is 5.76 Å². The normalized spacial score (nSPS) is 19.5. The van der Waals surface area contributed by atoms with Crippen LogP contribution in [0.4, 0.5) is 0 Å². The van der Waals surface area contributed by atoms with Crippen LogP contribution in [0.25, 0.3) is 11.7 Å². The molecule has 1 aliphatic carbocycles. The molecule has 0 radical (unpaired) electrons. The first-order valence-corrected chi connectivity index (χ1v) is 10.0. The van der Waals surface area contributed by atoms with Gasteiger partial charge in [0.05, 0.1) is 18.4 Å². The number of nitrogens with one attached hydrogen (secondary N) is 1. The van der Waals surface area contributed by atoms with Crippen LogP contribution in [0.2, 0.25) is 0 Å². The lowest BCUT2D eigenvalue weighted by Crippen LogP contribution is -2.43. The van der Waals surface area contributed by atoms with Crippen molar-refractivity contribution >= 4 is 5.91 Å². The molecule has 1 aromatic carbocycles. The maximum atomic E-state index is 12.7. The maximum Gasteiger partial charge on any atom is 0.263 e. The van der Waals surface area contributed by atoms with E-state index in [4.69, 9.17) is 8.83 Å². The smallest absolute Gasteiger partial charge is 0.263 e. The molecular weight excluding hydrogens is 352 g/mol. The van der Waals surface area contributed by atoms with Crippen LogP contribution in [0.1, 0.15) is 42.7 Å². The Bertz CT molecular complexity index is 899. The van der Waals surface area contributed by atoms with Crippen LogP contribution in [0.5, 0.6) is 0 Å². The van der Waals surface area contributed by atoms with Crippen molar-refractivity contribution in [3.05, 3.63) is 65.7 Å². The summed E-state index contributed by atoms with van der Waals surface area (Å²) in [4.78, 5) is 17.2. The minimum atomic E-state index is 0.00681. The second-order valence-electron chi connectivity index (χ2n) is 7.58. The molecule has 2 atom stereocenters. The summed E-state index contributed by atoms with van der Waals surface area (Å²) in [6.45, 7) is 1.83. The molecule has 5 nitrogen and oxygen atoms in total. The van der Waals surface area contributed by atoms with Gasteiger partial charge in [-0.15, -0.1) is 0 Å². The molecule has 5 heteroatoms. The second kappa shape index (κ2) is 8.46. The third-order valence-corrected chi connectivity index (χ3v) is 5.55. The van der Waals surface area contributed by atoms with Crippen molar-refractivity contribution in [2.45, 2.75) is 51.5 Å². The Kier molecular flexibility index (Phi) is 5.60. The van der Waals surface area contributed by atoms with Gasteiger partial charge in [-0.1, -0.05) is 43.2 Å². The first-order valence-electron chi connectivity index (χ1n) is 10.0. The number of amides is 1. The van der Waals surface area contributed by atoms with Gasteiger partial charge in [0.1, 0.15) is 5.76 Å².